The van der Waals surface area contributed by atoms with E-state index in [-0.39, 0.29) is 5.56 Å². The van der Waals surface area contributed by atoms with Crippen LogP contribution in [0, 0.1) is 24.1 Å². The van der Waals surface area contributed by atoms with Gasteiger partial charge in [-0.2, -0.15) is 5.26 Å². The Kier molecular flexibility index (Phi) is 3.99. The van der Waals surface area contributed by atoms with Gasteiger partial charge in [0.1, 0.15) is 5.82 Å². The molecule has 0 heterocycles. The molecule has 0 saturated heterocycles. The van der Waals surface area contributed by atoms with E-state index in [4.69, 9.17) is 11.6 Å². The van der Waals surface area contributed by atoms with E-state index < -0.39 is 5.82 Å². The molecule has 0 fully saturated rings. The maximum absolute atomic E-state index is 13.7. The lowest BCUT2D eigenvalue weighted by atomic mass is 10.0. The molecule has 19 heavy (non-hydrogen) atoms. The van der Waals surface area contributed by atoms with Crippen LogP contribution < -0.4 is 0 Å². The molecule has 0 bridgehead atoms. The first-order valence-electron chi connectivity index (χ1n) is 5.74. The molecule has 0 amide bonds. The van der Waals surface area contributed by atoms with Crippen LogP contribution in [0.15, 0.2) is 42.5 Å². The van der Waals surface area contributed by atoms with Crippen LogP contribution >= 0.6 is 11.6 Å². The number of hydrogen-bond donors (Lipinski definition) is 0. The number of allylic oxidation sites excluding steroid dienone is 1. The van der Waals surface area contributed by atoms with E-state index in [2.05, 4.69) is 6.07 Å². The van der Waals surface area contributed by atoms with Crippen molar-refractivity contribution >= 4 is 23.3 Å². The molecular weight excluding hydrogens is 261 g/mol. The van der Waals surface area contributed by atoms with E-state index in [0.717, 1.165) is 11.1 Å². The summed E-state index contributed by atoms with van der Waals surface area (Å²) in [5.41, 5.74) is 2.46. The minimum Gasteiger partial charge on any atom is -0.206 e. The lowest BCUT2D eigenvalue weighted by molar-refractivity contribution is 0.625. The second-order valence-electron chi connectivity index (χ2n) is 4.17. The molecule has 0 aliphatic rings. The summed E-state index contributed by atoms with van der Waals surface area (Å²) in [5.74, 6) is -0.438. The smallest absolute Gasteiger partial charge is 0.131 e. The average molecular weight is 272 g/mol. The van der Waals surface area contributed by atoms with Crippen molar-refractivity contribution in [3.63, 3.8) is 0 Å². The van der Waals surface area contributed by atoms with E-state index in [1.165, 1.54) is 18.2 Å². The molecule has 0 N–H and O–H groups in total. The van der Waals surface area contributed by atoms with Crippen LogP contribution in [0.2, 0.25) is 5.02 Å². The molecule has 3 heteroatoms. The minimum atomic E-state index is -0.438. The summed E-state index contributed by atoms with van der Waals surface area (Å²) in [6.07, 6.45) is 1.47. The van der Waals surface area contributed by atoms with Gasteiger partial charge in [0.25, 0.3) is 0 Å². The predicted molar refractivity (Wildman–Crippen MR) is 76.1 cm³/mol. The molecule has 0 spiro atoms. The molecule has 0 saturated carbocycles. The summed E-state index contributed by atoms with van der Waals surface area (Å²) in [5, 5.41) is 9.50. The van der Waals surface area contributed by atoms with E-state index >= 15 is 0 Å². The van der Waals surface area contributed by atoms with Crippen LogP contribution in [0.3, 0.4) is 0 Å². The second kappa shape index (κ2) is 5.69. The van der Waals surface area contributed by atoms with Gasteiger partial charge in [-0.25, -0.2) is 4.39 Å². The number of nitrogens with zero attached hydrogens (tertiary/aromatic N) is 1. The standard InChI is InChI=1S/C16H11ClFN/c1-11-5-7-12(8-6-11)13(10-19)9-14-15(17)3-2-4-16(14)18/h2-9H,1H3/b13-9-. The van der Waals surface area contributed by atoms with Crippen LogP contribution in [-0.2, 0) is 0 Å². The zero-order chi connectivity index (χ0) is 13.8. The van der Waals surface area contributed by atoms with Gasteiger partial charge in [-0.15, -0.1) is 0 Å². The Balaban J connectivity index is 2.51. The van der Waals surface area contributed by atoms with Gasteiger partial charge in [0.15, 0.2) is 0 Å². The summed E-state index contributed by atoms with van der Waals surface area (Å²) >= 11 is 5.95. The molecular formula is C16H11ClFN. The molecule has 2 rings (SSSR count). The highest BCUT2D eigenvalue weighted by Gasteiger charge is 2.07. The quantitative estimate of drug-likeness (QED) is 0.566. The van der Waals surface area contributed by atoms with E-state index in [0.29, 0.717) is 10.6 Å². The highest BCUT2D eigenvalue weighted by molar-refractivity contribution is 6.32. The molecule has 0 unspecified atom stereocenters. The topological polar surface area (TPSA) is 23.8 Å². The lowest BCUT2D eigenvalue weighted by Gasteiger charge is -2.03. The number of rotatable bonds is 2. The lowest BCUT2D eigenvalue weighted by Crippen LogP contribution is -1.87. The van der Waals surface area contributed by atoms with Crippen molar-refractivity contribution in [1.29, 1.82) is 5.26 Å². The second-order valence-corrected chi connectivity index (χ2v) is 4.58. The fraction of sp³-hybridized carbons (Fsp3) is 0.0625. The Morgan fingerprint density at radius 3 is 2.47 bits per heavy atom. The number of hydrogen-bond acceptors (Lipinski definition) is 1. The summed E-state index contributed by atoms with van der Waals surface area (Å²) in [4.78, 5) is 0. The van der Waals surface area contributed by atoms with Crippen molar-refractivity contribution < 1.29 is 4.39 Å². The number of nitriles is 1. The van der Waals surface area contributed by atoms with Gasteiger partial charge >= 0.3 is 0 Å². The number of halogens is 2. The Hall–Kier alpha value is -2.11. The zero-order valence-corrected chi connectivity index (χ0v) is 11.1. The van der Waals surface area contributed by atoms with Crippen molar-refractivity contribution in [1.82, 2.24) is 0 Å². The van der Waals surface area contributed by atoms with Gasteiger partial charge in [-0.1, -0.05) is 47.5 Å². The van der Waals surface area contributed by atoms with Gasteiger partial charge in [0.05, 0.1) is 16.7 Å². The Morgan fingerprint density at radius 1 is 1.21 bits per heavy atom. The normalized spacial score (nSPS) is 11.2. The third kappa shape index (κ3) is 3.01. The summed E-state index contributed by atoms with van der Waals surface area (Å²) in [7, 11) is 0. The SMILES string of the molecule is Cc1ccc(/C(C#N)=C\c2c(F)cccc2Cl)cc1. The van der Waals surface area contributed by atoms with Gasteiger partial charge in [-0.3, -0.25) is 0 Å². The zero-order valence-electron chi connectivity index (χ0n) is 10.3. The van der Waals surface area contributed by atoms with Crippen LogP contribution in [0.1, 0.15) is 16.7 Å². The van der Waals surface area contributed by atoms with Crippen LogP contribution in [0.25, 0.3) is 11.6 Å². The van der Waals surface area contributed by atoms with E-state index in [1.807, 2.05) is 31.2 Å². The Bertz CT molecular complexity index is 646. The van der Waals surface area contributed by atoms with Gasteiger partial charge in [-0.05, 0) is 30.7 Å². The Morgan fingerprint density at radius 2 is 1.89 bits per heavy atom. The van der Waals surface area contributed by atoms with Crippen molar-refractivity contribution in [3.05, 3.63) is 70.0 Å². The first-order chi connectivity index (χ1) is 9.11. The van der Waals surface area contributed by atoms with Crippen molar-refractivity contribution in [3.8, 4) is 6.07 Å². The highest BCUT2D eigenvalue weighted by Crippen LogP contribution is 2.25. The fourth-order valence-electron chi connectivity index (χ4n) is 1.71. The third-order valence-corrected chi connectivity index (χ3v) is 3.10. The summed E-state index contributed by atoms with van der Waals surface area (Å²) < 4.78 is 13.7. The third-order valence-electron chi connectivity index (χ3n) is 2.77. The monoisotopic (exact) mass is 271 g/mol. The molecule has 94 valence electrons. The molecule has 2 aromatic carbocycles. The largest absolute Gasteiger partial charge is 0.206 e. The van der Waals surface area contributed by atoms with E-state index in [1.54, 1.807) is 6.07 Å². The maximum atomic E-state index is 13.7. The first-order valence-corrected chi connectivity index (χ1v) is 6.12. The molecule has 0 radical (unpaired) electrons. The molecule has 0 aliphatic heterocycles. The van der Waals surface area contributed by atoms with Gasteiger partial charge in [0.2, 0.25) is 0 Å². The van der Waals surface area contributed by atoms with Crippen LogP contribution in [0.5, 0.6) is 0 Å². The average Bonchev–Trinajstić information content (AvgIpc) is 2.40. The summed E-state index contributed by atoms with van der Waals surface area (Å²) in [6.45, 7) is 1.97. The van der Waals surface area contributed by atoms with Crippen LogP contribution in [0.4, 0.5) is 4.39 Å². The molecule has 0 aliphatic carbocycles. The molecule has 0 aromatic heterocycles. The van der Waals surface area contributed by atoms with E-state index in [9.17, 15) is 9.65 Å². The molecule has 2 aromatic rings. The molecule has 1 nitrogen and oxygen atoms in total. The van der Waals surface area contributed by atoms with Gasteiger partial charge in [0, 0.05) is 5.56 Å². The number of benzene rings is 2. The minimum absolute atomic E-state index is 0.237. The fourth-order valence-corrected chi connectivity index (χ4v) is 1.92. The number of aryl methyl sites for hydroxylation is 1. The highest BCUT2D eigenvalue weighted by atomic mass is 35.5. The van der Waals surface area contributed by atoms with Crippen LogP contribution in [-0.4, -0.2) is 0 Å². The summed E-state index contributed by atoms with van der Waals surface area (Å²) in [6, 6.07) is 14.0. The van der Waals surface area contributed by atoms with Crippen molar-refractivity contribution in [2.45, 2.75) is 6.92 Å². The maximum Gasteiger partial charge on any atom is 0.131 e. The molecule has 0 atom stereocenters. The van der Waals surface area contributed by atoms with Crippen molar-refractivity contribution in [2.24, 2.45) is 0 Å². The van der Waals surface area contributed by atoms with Gasteiger partial charge < -0.3 is 0 Å². The Labute approximate surface area is 116 Å². The predicted octanol–water partition coefficient (Wildman–Crippen LogP) is 4.85. The van der Waals surface area contributed by atoms with Crippen molar-refractivity contribution in [2.75, 3.05) is 0 Å². The first kappa shape index (κ1) is 13.3.